The normalized spacial score (nSPS) is 11.0. The smallest absolute Gasteiger partial charge is 0.119 e. The first-order valence-electron chi connectivity index (χ1n) is 8.13. The molecule has 0 aliphatic rings. The lowest BCUT2D eigenvalue weighted by atomic mass is 10.0. The third kappa shape index (κ3) is 3.08. The van der Waals surface area contributed by atoms with Crippen LogP contribution >= 0.6 is 0 Å². The minimum atomic E-state index is 0.498. The number of benzene rings is 2. The van der Waals surface area contributed by atoms with E-state index in [1.807, 2.05) is 55.8 Å². The summed E-state index contributed by atoms with van der Waals surface area (Å²) in [6.45, 7) is 2.59. The van der Waals surface area contributed by atoms with Crippen LogP contribution < -0.4 is 4.74 Å². The highest BCUT2D eigenvalue weighted by Gasteiger charge is 2.05. The number of rotatable bonds is 4. The molecule has 5 heteroatoms. The molecule has 2 aromatic carbocycles. The standard InChI is InChI=1S/C20H18N4O/c1-14-9-10-21-12-18(14)16-4-6-17(7-5-16)25-13-15-3-8-20-19(11-15)22-23-24(20)2/h3-12H,13H2,1-2H3. The Bertz CT molecular complexity index is 1020. The van der Waals surface area contributed by atoms with Gasteiger partial charge in [-0.2, -0.15) is 0 Å². The second-order valence-corrected chi connectivity index (χ2v) is 6.04. The molecule has 4 aromatic rings. The van der Waals surface area contributed by atoms with E-state index >= 15 is 0 Å². The lowest BCUT2D eigenvalue weighted by Gasteiger charge is -2.09. The van der Waals surface area contributed by atoms with Gasteiger partial charge in [0.2, 0.25) is 0 Å². The Balaban J connectivity index is 1.48. The van der Waals surface area contributed by atoms with E-state index < -0.39 is 0 Å². The summed E-state index contributed by atoms with van der Waals surface area (Å²) in [5, 5.41) is 8.16. The molecule has 0 unspecified atom stereocenters. The highest BCUT2D eigenvalue weighted by atomic mass is 16.5. The van der Waals surface area contributed by atoms with Gasteiger partial charge in [0, 0.05) is 25.0 Å². The second kappa shape index (κ2) is 6.36. The molecule has 0 spiro atoms. The first-order chi connectivity index (χ1) is 12.2. The van der Waals surface area contributed by atoms with Gasteiger partial charge in [0.05, 0.1) is 5.52 Å². The molecule has 0 N–H and O–H groups in total. The van der Waals surface area contributed by atoms with E-state index in [4.69, 9.17) is 4.74 Å². The average Bonchev–Trinajstić information content (AvgIpc) is 3.01. The van der Waals surface area contributed by atoms with Crippen LogP contribution in [-0.4, -0.2) is 20.0 Å². The van der Waals surface area contributed by atoms with Crippen LogP contribution in [0.25, 0.3) is 22.2 Å². The van der Waals surface area contributed by atoms with Gasteiger partial charge in [-0.05, 0) is 53.9 Å². The van der Waals surface area contributed by atoms with Crippen molar-refractivity contribution in [2.75, 3.05) is 0 Å². The highest BCUT2D eigenvalue weighted by Crippen LogP contribution is 2.25. The monoisotopic (exact) mass is 330 g/mol. The third-order valence-electron chi connectivity index (χ3n) is 4.28. The molecule has 0 fully saturated rings. The molecule has 0 aliphatic heterocycles. The van der Waals surface area contributed by atoms with Gasteiger partial charge < -0.3 is 4.74 Å². The molecule has 0 amide bonds. The average molecular weight is 330 g/mol. The maximum absolute atomic E-state index is 5.90. The Hall–Kier alpha value is -3.21. The fourth-order valence-corrected chi connectivity index (χ4v) is 2.84. The molecule has 124 valence electrons. The number of aromatic nitrogens is 4. The summed E-state index contributed by atoms with van der Waals surface area (Å²) in [5.74, 6) is 0.838. The predicted octanol–water partition coefficient (Wildman–Crippen LogP) is 3.92. The maximum atomic E-state index is 5.90. The molecule has 2 heterocycles. The molecule has 0 bridgehead atoms. The summed E-state index contributed by atoms with van der Waals surface area (Å²) in [6.07, 6.45) is 3.70. The molecule has 4 rings (SSSR count). The zero-order chi connectivity index (χ0) is 17.2. The number of aryl methyl sites for hydroxylation is 2. The van der Waals surface area contributed by atoms with Crippen LogP contribution in [0.2, 0.25) is 0 Å². The van der Waals surface area contributed by atoms with Crippen molar-refractivity contribution in [1.82, 2.24) is 20.0 Å². The van der Waals surface area contributed by atoms with Crippen LogP contribution in [0.5, 0.6) is 5.75 Å². The van der Waals surface area contributed by atoms with Crippen molar-refractivity contribution in [3.63, 3.8) is 0 Å². The van der Waals surface area contributed by atoms with Crippen molar-refractivity contribution in [3.05, 3.63) is 72.1 Å². The van der Waals surface area contributed by atoms with Gasteiger partial charge >= 0.3 is 0 Å². The molecular weight excluding hydrogens is 312 g/mol. The second-order valence-electron chi connectivity index (χ2n) is 6.04. The number of fused-ring (bicyclic) bond motifs is 1. The van der Waals surface area contributed by atoms with Gasteiger partial charge in [-0.25, -0.2) is 4.68 Å². The molecule has 0 radical (unpaired) electrons. The minimum absolute atomic E-state index is 0.498. The van der Waals surface area contributed by atoms with Crippen molar-refractivity contribution in [2.45, 2.75) is 13.5 Å². The zero-order valence-electron chi connectivity index (χ0n) is 14.2. The van der Waals surface area contributed by atoms with Crippen molar-refractivity contribution in [2.24, 2.45) is 7.05 Å². The number of nitrogens with zero attached hydrogens (tertiary/aromatic N) is 4. The first-order valence-corrected chi connectivity index (χ1v) is 8.13. The van der Waals surface area contributed by atoms with Gasteiger partial charge in [-0.15, -0.1) is 5.10 Å². The Morgan fingerprint density at radius 3 is 2.68 bits per heavy atom. The lowest BCUT2D eigenvalue weighted by molar-refractivity contribution is 0.306. The van der Waals surface area contributed by atoms with E-state index in [0.717, 1.165) is 33.5 Å². The van der Waals surface area contributed by atoms with Gasteiger partial charge in [-0.3, -0.25) is 4.98 Å². The van der Waals surface area contributed by atoms with Crippen LogP contribution in [0.1, 0.15) is 11.1 Å². The summed E-state index contributed by atoms with van der Waals surface area (Å²) < 4.78 is 7.66. The fourth-order valence-electron chi connectivity index (χ4n) is 2.84. The molecule has 0 aliphatic carbocycles. The van der Waals surface area contributed by atoms with Crippen molar-refractivity contribution < 1.29 is 4.74 Å². The summed E-state index contributed by atoms with van der Waals surface area (Å²) in [5.41, 5.74) is 6.45. The number of ether oxygens (including phenoxy) is 1. The van der Waals surface area contributed by atoms with Gasteiger partial charge in [0.1, 0.15) is 17.9 Å². The van der Waals surface area contributed by atoms with Crippen LogP contribution in [0.3, 0.4) is 0 Å². The SMILES string of the molecule is Cc1ccncc1-c1ccc(OCc2ccc3c(c2)nnn3C)cc1. The summed E-state index contributed by atoms with van der Waals surface area (Å²) in [7, 11) is 1.89. The Morgan fingerprint density at radius 1 is 1.04 bits per heavy atom. The number of pyridine rings is 1. The van der Waals surface area contributed by atoms with E-state index in [9.17, 15) is 0 Å². The van der Waals surface area contributed by atoms with E-state index in [0.29, 0.717) is 6.61 Å². The highest BCUT2D eigenvalue weighted by molar-refractivity contribution is 5.74. The largest absolute Gasteiger partial charge is 0.489 e. The molecule has 25 heavy (non-hydrogen) atoms. The first kappa shape index (κ1) is 15.3. The summed E-state index contributed by atoms with van der Waals surface area (Å²) in [4.78, 5) is 4.20. The van der Waals surface area contributed by atoms with E-state index in [-0.39, 0.29) is 0 Å². The van der Waals surface area contributed by atoms with Gasteiger partial charge in [0.15, 0.2) is 0 Å². The Kier molecular flexibility index (Phi) is 3.90. The third-order valence-corrected chi connectivity index (χ3v) is 4.28. The van der Waals surface area contributed by atoms with Gasteiger partial charge in [-0.1, -0.05) is 23.4 Å². The summed E-state index contributed by atoms with van der Waals surface area (Å²) >= 11 is 0. The Morgan fingerprint density at radius 2 is 1.88 bits per heavy atom. The van der Waals surface area contributed by atoms with Gasteiger partial charge in [0.25, 0.3) is 0 Å². The quantitative estimate of drug-likeness (QED) is 0.569. The van der Waals surface area contributed by atoms with Crippen molar-refractivity contribution in [3.8, 4) is 16.9 Å². The van der Waals surface area contributed by atoms with Crippen LogP contribution in [0, 0.1) is 6.92 Å². The maximum Gasteiger partial charge on any atom is 0.119 e. The van der Waals surface area contributed by atoms with Crippen molar-refractivity contribution >= 4 is 11.0 Å². The van der Waals surface area contributed by atoms with Crippen LogP contribution in [0.4, 0.5) is 0 Å². The molecular formula is C20H18N4O. The van der Waals surface area contributed by atoms with E-state index in [2.05, 4.69) is 34.4 Å². The van der Waals surface area contributed by atoms with Crippen LogP contribution in [-0.2, 0) is 13.7 Å². The molecule has 0 saturated carbocycles. The van der Waals surface area contributed by atoms with E-state index in [1.54, 1.807) is 4.68 Å². The molecule has 2 aromatic heterocycles. The fraction of sp³-hybridized carbons (Fsp3) is 0.150. The zero-order valence-corrected chi connectivity index (χ0v) is 14.2. The molecule has 5 nitrogen and oxygen atoms in total. The molecule has 0 saturated heterocycles. The summed E-state index contributed by atoms with van der Waals surface area (Å²) in [6, 6.07) is 16.2. The Labute approximate surface area is 145 Å². The van der Waals surface area contributed by atoms with E-state index in [1.165, 1.54) is 5.56 Å². The lowest BCUT2D eigenvalue weighted by Crippen LogP contribution is -1.96. The van der Waals surface area contributed by atoms with Crippen LogP contribution in [0.15, 0.2) is 60.9 Å². The number of hydrogen-bond donors (Lipinski definition) is 0. The predicted molar refractivity (Wildman–Crippen MR) is 97.3 cm³/mol. The number of hydrogen-bond acceptors (Lipinski definition) is 4. The minimum Gasteiger partial charge on any atom is -0.489 e. The topological polar surface area (TPSA) is 52.8 Å². The van der Waals surface area contributed by atoms with Crippen molar-refractivity contribution in [1.29, 1.82) is 0 Å². The molecule has 0 atom stereocenters.